The van der Waals surface area contributed by atoms with Gasteiger partial charge in [0, 0.05) is 4.90 Å². The summed E-state index contributed by atoms with van der Waals surface area (Å²) in [5.74, 6) is -0.903. The van der Waals surface area contributed by atoms with Crippen LogP contribution in [0.2, 0.25) is 0 Å². The molecular weight excluding hydrogens is 198 g/mol. The van der Waals surface area contributed by atoms with Crippen molar-refractivity contribution in [3.8, 4) is 6.07 Å². The summed E-state index contributed by atoms with van der Waals surface area (Å²) in [4.78, 5) is 11.1. The molecule has 1 aromatic rings. The molecule has 14 heavy (non-hydrogen) atoms. The maximum Gasteiger partial charge on any atom is 0.307 e. The molecule has 72 valence electrons. The number of hydrogen-bond acceptors (Lipinski definition) is 3. The molecule has 0 fully saturated rings. The Morgan fingerprint density at radius 1 is 1.64 bits per heavy atom. The van der Waals surface area contributed by atoms with Crippen LogP contribution >= 0.6 is 12.6 Å². The van der Waals surface area contributed by atoms with Gasteiger partial charge in [-0.2, -0.15) is 5.26 Å². The van der Waals surface area contributed by atoms with Crippen molar-refractivity contribution in [1.82, 2.24) is 0 Å². The number of rotatable bonds is 2. The fourth-order valence-electron chi connectivity index (χ4n) is 1.22. The molecule has 0 heterocycles. The molecule has 4 heteroatoms. The van der Waals surface area contributed by atoms with Gasteiger partial charge in [0.15, 0.2) is 0 Å². The predicted molar refractivity (Wildman–Crippen MR) is 54.5 cm³/mol. The van der Waals surface area contributed by atoms with E-state index in [0.717, 1.165) is 5.56 Å². The Labute approximate surface area is 87.4 Å². The van der Waals surface area contributed by atoms with E-state index in [1.165, 1.54) is 0 Å². The molecule has 0 saturated heterocycles. The molecule has 0 saturated carbocycles. The molecule has 1 rings (SSSR count). The first-order valence-electron chi connectivity index (χ1n) is 3.99. The van der Waals surface area contributed by atoms with Crippen molar-refractivity contribution in [3.63, 3.8) is 0 Å². The molecule has 1 aromatic carbocycles. The zero-order valence-corrected chi connectivity index (χ0v) is 8.51. The van der Waals surface area contributed by atoms with Gasteiger partial charge in [-0.1, -0.05) is 6.07 Å². The molecule has 0 bridgehead atoms. The third kappa shape index (κ3) is 2.27. The third-order valence-electron chi connectivity index (χ3n) is 1.84. The van der Waals surface area contributed by atoms with Gasteiger partial charge < -0.3 is 5.11 Å². The van der Waals surface area contributed by atoms with Crippen LogP contribution in [-0.2, 0) is 11.2 Å². The SMILES string of the molecule is Cc1cc(CC(=O)O)cc(C#N)c1S. The zero-order valence-electron chi connectivity index (χ0n) is 7.61. The van der Waals surface area contributed by atoms with Crippen molar-refractivity contribution >= 4 is 18.6 Å². The van der Waals surface area contributed by atoms with Crippen LogP contribution in [0.4, 0.5) is 0 Å². The van der Waals surface area contributed by atoms with E-state index in [9.17, 15) is 4.79 Å². The van der Waals surface area contributed by atoms with Gasteiger partial charge in [0.05, 0.1) is 12.0 Å². The van der Waals surface area contributed by atoms with Crippen molar-refractivity contribution < 1.29 is 9.90 Å². The fourth-order valence-corrected chi connectivity index (χ4v) is 1.40. The lowest BCUT2D eigenvalue weighted by Gasteiger charge is -2.04. The minimum atomic E-state index is -0.903. The number of carbonyl (C=O) groups is 1. The normalized spacial score (nSPS) is 9.50. The van der Waals surface area contributed by atoms with E-state index in [1.54, 1.807) is 19.1 Å². The highest BCUT2D eigenvalue weighted by Gasteiger charge is 2.07. The molecule has 0 aliphatic rings. The largest absolute Gasteiger partial charge is 0.481 e. The predicted octanol–water partition coefficient (Wildman–Crippen LogP) is 1.78. The first-order chi connectivity index (χ1) is 6.54. The van der Waals surface area contributed by atoms with Gasteiger partial charge >= 0.3 is 5.97 Å². The molecule has 0 atom stereocenters. The summed E-state index contributed by atoms with van der Waals surface area (Å²) in [5, 5.41) is 17.3. The number of aryl methyl sites for hydroxylation is 1. The number of benzene rings is 1. The second-order valence-electron chi connectivity index (χ2n) is 2.99. The number of carboxylic acids is 1. The van der Waals surface area contributed by atoms with E-state index < -0.39 is 5.97 Å². The number of aliphatic carboxylic acids is 1. The number of nitriles is 1. The summed E-state index contributed by atoms with van der Waals surface area (Å²) in [6, 6.07) is 5.27. The van der Waals surface area contributed by atoms with Crippen molar-refractivity contribution in [1.29, 1.82) is 5.26 Å². The average molecular weight is 207 g/mol. The number of thiol groups is 1. The van der Waals surface area contributed by atoms with Gasteiger partial charge in [0.2, 0.25) is 0 Å². The Kier molecular flexibility index (Phi) is 3.15. The Balaban J connectivity index is 3.18. The van der Waals surface area contributed by atoms with Crippen molar-refractivity contribution in [2.24, 2.45) is 0 Å². The average Bonchev–Trinajstić information content (AvgIpc) is 2.10. The molecule has 0 spiro atoms. The first-order valence-corrected chi connectivity index (χ1v) is 4.43. The summed E-state index contributed by atoms with van der Waals surface area (Å²) in [5.41, 5.74) is 1.87. The van der Waals surface area contributed by atoms with Crippen LogP contribution in [0.25, 0.3) is 0 Å². The van der Waals surface area contributed by atoms with Crippen molar-refractivity contribution in [3.05, 3.63) is 28.8 Å². The zero-order chi connectivity index (χ0) is 10.7. The summed E-state index contributed by atoms with van der Waals surface area (Å²) in [6.07, 6.45) is -0.0659. The minimum Gasteiger partial charge on any atom is -0.481 e. The second kappa shape index (κ2) is 4.16. The lowest BCUT2D eigenvalue weighted by atomic mass is 10.0. The van der Waals surface area contributed by atoms with Crippen LogP contribution in [0, 0.1) is 18.3 Å². The molecule has 3 nitrogen and oxygen atoms in total. The molecule has 0 aliphatic carbocycles. The minimum absolute atomic E-state index is 0.0659. The van der Waals surface area contributed by atoms with Gasteiger partial charge in [0.25, 0.3) is 0 Å². The second-order valence-corrected chi connectivity index (χ2v) is 3.44. The molecule has 0 radical (unpaired) electrons. The summed E-state index contributed by atoms with van der Waals surface area (Å²) < 4.78 is 0. The Morgan fingerprint density at radius 2 is 2.29 bits per heavy atom. The van der Waals surface area contributed by atoms with E-state index in [-0.39, 0.29) is 6.42 Å². The maximum atomic E-state index is 10.5. The van der Waals surface area contributed by atoms with Crippen molar-refractivity contribution in [2.45, 2.75) is 18.2 Å². The van der Waals surface area contributed by atoms with Gasteiger partial charge in [-0.05, 0) is 24.1 Å². The monoisotopic (exact) mass is 207 g/mol. The Bertz CT molecular complexity index is 421. The molecule has 0 unspecified atom stereocenters. The van der Waals surface area contributed by atoms with E-state index in [4.69, 9.17) is 10.4 Å². The Morgan fingerprint density at radius 3 is 2.79 bits per heavy atom. The van der Waals surface area contributed by atoms with Gasteiger partial charge in [-0.25, -0.2) is 0 Å². The quantitative estimate of drug-likeness (QED) is 0.727. The van der Waals surface area contributed by atoms with Crippen LogP contribution in [0.5, 0.6) is 0 Å². The highest BCUT2D eigenvalue weighted by atomic mass is 32.1. The third-order valence-corrected chi connectivity index (χ3v) is 2.43. The lowest BCUT2D eigenvalue weighted by Crippen LogP contribution is -2.01. The van der Waals surface area contributed by atoms with Gasteiger partial charge in [-0.15, -0.1) is 12.6 Å². The lowest BCUT2D eigenvalue weighted by molar-refractivity contribution is -0.136. The number of nitrogens with zero attached hydrogens (tertiary/aromatic N) is 1. The Hall–Kier alpha value is -1.47. The van der Waals surface area contributed by atoms with Crippen LogP contribution < -0.4 is 0 Å². The summed E-state index contributed by atoms with van der Waals surface area (Å²) in [7, 11) is 0. The van der Waals surface area contributed by atoms with Crippen molar-refractivity contribution in [2.75, 3.05) is 0 Å². The molecular formula is C10H9NO2S. The number of hydrogen-bond donors (Lipinski definition) is 2. The summed E-state index contributed by atoms with van der Waals surface area (Å²) >= 11 is 4.16. The summed E-state index contributed by atoms with van der Waals surface area (Å²) in [6.45, 7) is 1.80. The van der Waals surface area contributed by atoms with Crippen LogP contribution in [0.1, 0.15) is 16.7 Å². The van der Waals surface area contributed by atoms with E-state index in [1.807, 2.05) is 6.07 Å². The molecule has 0 amide bonds. The van der Waals surface area contributed by atoms with Gasteiger partial charge in [-0.3, -0.25) is 4.79 Å². The van der Waals surface area contributed by atoms with Crippen LogP contribution in [0.3, 0.4) is 0 Å². The first kappa shape index (κ1) is 10.6. The smallest absolute Gasteiger partial charge is 0.307 e. The highest BCUT2D eigenvalue weighted by Crippen LogP contribution is 2.20. The van der Waals surface area contributed by atoms with E-state index in [2.05, 4.69) is 12.6 Å². The van der Waals surface area contributed by atoms with Crippen LogP contribution in [0.15, 0.2) is 17.0 Å². The maximum absolute atomic E-state index is 10.5. The van der Waals surface area contributed by atoms with E-state index in [0.29, 0.717) is 16.0 Å². The molecule has 0 aliphatic heterocycles. The number of carboxylic acid groups (broad SMARTS) is 1. The topological polar surface area (TPSA) is 61.1 Å². The molecule has 1 N–H and O–H groups in total. The highest BCUT2D eigenvalue weighted by molar-refractivity contribution is 7.80. The fraction of sp³-hybridized carbons (Fsp3) is 0.200. The van der Waals surface area contributed by atoms with E-state index >= 15 is 0 Å². The van der Waals surface area contributed by atoms with Crippen LogP contribution in [-0.4, -0.2) is 11.1 Å². The standard InChI is InChI=1S/C10H9NO2S/c1-6-2-7(4-9(12)13)3-8(5-11)10(6)14/h2-3,14H,4H2,1H3,(H,12,13). The van der Waals surface area contributed by atoms with Gasteiger partial charge in [0.1, 0.15) is 6.07 Å². The molecule has 0 aromatic heterocycles.